The SMILES string of the molecule is C/C=C(\C)CN1CCC(Cc2cccc(C(F)(F)F)c2)(C(=O)OCC)CC1. The molecule has 0 bridgehead atoms. The van der Waals surface area contributed by atoms with Gasteiger partial charge in [-0.25, -0.2) is 0 Å². The maximum absolute atomic E-state index is 13.0. The maximum Gasteiger partial charge on any atom is 0.416 e. The summed E-state index contributed by atoms with van der Waals surface area (Å²) in [6, 6.07) is 5.27. The third kappa shape index (κ3) is 5.58. The fourth-order valence-electron chi connectivity index (χ4n) is 3.57. The van der Waals surface area contributed by atoms with Crippen LogP contribution in [-0.4, -0.2) is 37.1 Å². The lowest BCUT2D eigenvalue weighted by molar-refractivity contribution is -0.158. The molecule has 0 N–H and O–H groups in total. The molecule has 1 aliphatic heterocycles. The first kappa shape index (κ1) is 21.5. The number of hydrogen-bond acceptors (Lipinski definition) is 3. The van der Waals surface area contributed by atoms with Crippen LogP contribution in [0.1, 0.15) is 44.7 Å². The molecule has 0 amide bonds. The van der Waals surface area contributed by atoms with Crippen LogP contribution in [0.25, 0.3) is 0 Å². The molecule has 2 rings (SSSR count). The second-order valence-electron chi connectivity index (χ2n) is 7.29. The van der Waals surface area contributed by atoms with Gasteiger partial charge in [0.05, 0.1) is 17.6 Å². The number of benzene rings is 1. The first-order valence-electron chi connectivity index (χ1n) is 9.37. The van der Waals surface area contributed by atoms with Crippen molar-refractivity contribution in [3.8, 4) is 0 Å². The Labute approximate surface area is 159 Å². The minimum Gasteiger partial charge on any atom is -0.466 e. The summed E-state index contributed by atoms with van der Waals surface area (Å²) in [4.78, 5) is 15.0. The largest absolute Gasteiger partial charge is 0.466 e. The quantitative estimate of drug-likeness (QED) is 0.519. The molecule has 3 nitrogen and oxygen atoms in total. The molecule has 0 radical (unpaired) electrons. The van der Waals surface area contributed by atoms with E-state index in [0.717, 1.165) is 31.8 Å². The number of halogens is 3. The van der Waals surface area contributed by atoms with Crippen LogP contribution in [0, 0.1) is 5.41 Å². The van der Waals surface area contributed by atoms with Crippen LogP contribution in [0.3, 0.4) is 0 Å². The molecule has 1 aromatic carbocycles. The fourth-order valence-corrected chi connectivity index (χ4v) is 3.57. The minimum atomic E-state index is -4.39. The van der Waals surface area contributed by atoms with Crippen molar-refractivity contribution in [3.05, 3.63) is 47.0 Å². The van der Waals surface area contributed by atoms with Gasteiger partial charge in [-0.2, -0.15) is 13.2 Å². The molecular weight excluding hydrogens is 355 g/mol. The average Bonchev–Trinajstić information content (AvgIpc) is 2.63. The molecule has 0 atom stereocenters. The lowest BCUT2D eigenvalue weighted by atomic mass is 9.73. The fraction of sp³-hybridized carbons (Fsp3) is 0.571. The Bertz CT molecular complexity index is 674. The van der Waals surface area contributed by atoms with Gasteiger partial charge in [0.15, 0.2) is 0 Å². The molecule has 0 aromatic heterocycles. The third-order valence-electron chi connectivity index (χ3n) is 5.28. The number of carbonyl (C=O) groups excluding carboxylic acids is 1. The van der Waals surface area contributed by atoms with E-state index < -0.39 is 17.2 Å². The molecule has 150 valence electrons. The standard InChI is InChI=1S/C21H28F3NO2/c1-4-16(3)15-25-11-9-20(10-12-25,19(26)27-5-2)14-17-7-6-8-18(13-17)21(22,23)24/h4,6-8,13H,5,9-12,14-15H2,1-3H3/b16-4+. The molecule has 1 heterocycles. The van der Waals surface area contributed by atoms with E-state index >= 15 is 0 Å². The number of hydrogen-bond donors (Lipinski definition) is 0. The van der Waals surface area contributed by atoms with Gasteiger partial charge in [-0.1, -0.05) is 29.8 Å². The smallest absolute Gasteiger partial charge is 0.416 e. The van der Waals surface area contributed by atoms with Crippen molar-refractivity contribution in [1.29, 1.82) is 0 Å². The van der Waals surface area contributed by atoms with Crippen molar-refractivity contribution in [2.24, 2.45) is 5.41 Å². The lowest BCUT2D eigenvalue weighted by Crippen LogP contribution is -2.46. The molecular formula is C21H28F3NO2. The topological polar surface area (TPSA) is 29.5 Å². The number of carbonyl (C=O) groups is 1. The molecule has 1 aliphatic rings. The van der Waals surface area contributed by atoms with Gasteiger partial charge in [0, 0.05) is 6.54 Å². The number of likely N-dealkylation sites (tertiary alicyclic amines) is 1. The van der Waals surface area contributed by atoms with Gasteiger partial charge in [-0.05, 0) is 64.8 Å². The second-order valence-corrected chi connectivity index (χ2v) is 7.29. The van der Waals surface area contributed by atoms with Crippen molar-refractivity contribution in [3.63, 3.8) is 0 Å². The Morgan fingerprint density at radius 2 is 1.96 bits per heavy atom. The summed E-state index contributed by atoms with van der Waals surface area (Å²) in [7, 11) is 0. The Balaban J connectivity index is 2.20. The number of rotatable bonds is 6. The van der Waals surface area contributed by atoms with Crippen LogP contribution >= 0.6 is 0 Å². The Morgan fingerprint density at radius 3 is 2.52 bits per heavy atom. The highest BCUT2D eigenvalue weighted by atomic mass is 19.4. The summed E-state index contributed by atoms with van der Waals surface area (Å²) in [5.74, 6) is -0.301. The molecule has 0 unspecified atom stereocenters. The van der Waals surface area contributed by atoms with E-state index in [1.54, 1.807) is 13.0 Å². The van der Waals surface area contributed by atoms with E-state index in [9.17, 15) is 18.0 Å². The number of piperidine rings is 1. The average molecular weight is 383 g/mol. The first-order chi connectivity index (χ1) is 12.7. The molecule has 27 heavy (non-hydrogen) atoms. The van der Waals surface area contributed by atoms with Crippen molar-refractivity contribution in [2.75, 3.05) is 26.2 Å². The van der Waals surface area contributed by atoms with Crippen LogP contribution in [0.5, 0.6) is 0 Å². The monoisotopic (exact) mass is 383 g/mol. The van der Waals surface area contributed by atoms with Gasteiger partial charge in [0.25, 0.3) is 0 Å². The Hall–Kier alpha value is -1.82. The predicted molar refractivity (Wildman–Crippen MR) is 99.3 cm³/mol. The summed E-state index contributed by atoms with van der Waals surface area (Å²) < 4.78 is 44.4. The van der Waals surface area contributed by atoms with E-state index in [-0.39, 0.29) is 19.0 Å². The van der Waals surface area contributed by atoms with Crippen LogP contribution < -0.4 is 0 Å². The zero-order valence-corrected chi connectivity index (χ0v) is 16.2. The van der Waals surface area contributed by atoms with Gasteiger partial charge in [-0.3, -0.25) is 9.69 Å². The van der Waals surface area contributed by atoms with Gasteiger partial charge in [-0.15, -0.1) is 0 Å². The van der Waals surface area contributed by atoms with Crippen LogP contribution in [-0.2, 0) is 22.1 Å². The van der Waals surface area contributed by atoms with Crippen LogP contribution in [0.15, 0.2) is 35.9 Å². The summed E-state index contributed by atoms with van der Waals surface area (Å²) in [6.45, 7) is 8.38. The number of ether oxygens (including phenoxy) is 1. The van der Waals surface area contributed by atoms with Gasteiger partial charge < -0.3 is 4.74 Å². The predicted octanol–water partition coefficient (Wildman–Crippen LogP) is 4.86. The van der Waals surface area contributed by atoms with Crippen LogP contribution in [0.2, 0.25) is 0 Å². The van der Waals surface area contributed by atoms with Gasteiger partial charge in [0.2, 0.25) is 0 Å². The number of esters is 1. The molecule has 1 saturated heterocycles. The summed E-state index contributed by atoms with van der Waals surface area (Å²) >= 11 is 0. The molecule has 0 spiro atoms. The number of alkyl halides is 3. The second kappa shape index (κ2) is 8.91. The molecule has 1 aromatic rings. The molecule has 0 saturated carbocycles. The number of allylic oxidation sites excluding steroid dienone is 1. The highest BCUT2D eigenvalue weighted by molar-refractivity contribution is 5.77. The van der Waals surface area contributed by atoms with Crippen molar-refractivity contribution in [2.45, 2.75) is 46.2 Å². The Morgan fingerprint density at radius 1 is 1.30 bits per heavy atom. The zero-order chi connectivity index (χ0) is 20.1. The van der Waals surface area contributed by atoms with E-state index in [1.807, 2.05) is 6.92 Å². The maximum atomic E-state index is 13.0. The van der Waals surface area contributed by atoms with Crippen molar-refractivity contribution >= 4 is 5.97 Å². The molecule has 6 heteroatoms. The summed E-state index contributed by atoms with van der Waals surface area (Å²) in [5.41, 5.74) is 0.341. The van der Waals surface area contributed by atoms with Crippen molar-refractivity contribution in [1.82, 2.24) is 4.90 Å². The van der Waals surface area contributed by atoms with Gasteiger partial charge in [0.1, 0.15) is 0 Å². The first-order valence-corrected chi connectivity index (χ1v) is 9.37. The van der Waals surface area contributed by atoms with Crippen LogP contribution in [0.4, 0.5) is 13.2 Å². The Kier molecular flexibility index (Phi) is 7.09. The zero-order valence-electron chi connectivity index (χ0n) is 16.2. The summed E-state index contributed by atoms with van der Waals surface area (Å²) in [5, 5.41) is 0. The molecule has 0 aliphatic carbocycles. The highest BCUT2D eigenvalue weighted by Crippen LogP contribution is 2.38. The lowest BCUT2D eigenvalue weighted by Gasteiger charge is -2.40. The highest BCUT2D eigenvalue weighted by Gasteiger charge is 2.43. The van der Waals surface area contributed by atoms with E-state index in [0.29, 0.717) is 18.4 Å². The van der Waals surface area contributed by atoms with E-state index in [2.05, 4.69) is 17.9 Å². The minimum absolute atomic E-state index is 0.268. The van der Waals surface area contributed by atoms with E-state index in [1.165, 1.54) is 11.6 Å². The molecule has 1 fully saturated rings. The number of nitrogens with zero attached hydrogens (tertiary/aromatic N) is 1. The normalized spacial score (nSPS) is 18.4. The van der Waals surface area contributed by atoms with Crippen molar-refractivity contribution < 1.29 is 22.7 Å². The van der Waals surface area contributed by atoms with E-state index in [4.69, 9.17) is 4.74 Å². The third-order valence-corrected chi connectivity index (χ3v) is 5.28. The summed E-state index contributed by atoms with van der Waals surface area (Å²) in [6.07, 6.45) is -0.888. The van der Waals surface area contributed by atoms with Gasteiger partial charge >= 0.3 is 12.1 Å².